The lowest BCUT2D eigenvalue weighted by Gasteiger charge is -2.10. The van der Waals surface area contributed by atoms with Gasteiger partial charge in [0.25, 0.3) is 0 Å². The zero-order valence-electron chi connectivity index (χ0n) is 14.7. The molecule has 0 aliphatic rings. The van der Waals surface area contributed by atoms with Crippen molar-refractivity contribution in [2.75, 3.05) is 18.5 Å². The maximum absolute atomic E-state index is 14.2. The molecule has 0 spiro atoms. The van der Waals surface area contributed by atoms with Crippen LogP contribution in [0.3, 0.4) is 0 Å². The number of anilines is 2. The van der Waals surface area contributed by atoms with E-state index in [1.807, 2.05) is 20.0 Å². The van der Waals surface area contributed by atoms with Gasteiger partial charge in [-0.25, -0.2) is 14.4 Å². The number of hydrogen-bond donors (Lipinski definition) is 2. The van der Waals surface area contributed by atoms with Gasteiger partial charge in [-0.1, -0.05) is 0 Å². The molecule has 0 saturated carbocycles. The quantitative estimate of drug-likeness (QED) is 0.676. The fourth-order valence-electron chi connectivity index (χ4n) is 2.53. The maximum Gasteiger partial charge on any atom is 0.227 e. The van der Waals surface area contributed by atoms with Crippen LogP contribution in [0.1, 0.15) is 12.5 Å². The third-order valence-corrected chi connectivity index (χ3v) is 3.72. The topological polar surface area (TPSA) is 90.9 Å². The highest BCUT2D eigenvalue weighted by atomic mass is 19.1. The number of nitrogens with zero attached hydrogens (tertiary/aromatic N) is 4. The van der Waals surface area contributed by atoms with Crippen LogP contribution in [0.4, 0.5) is 16.0 Å². The van der Waals surface area contributed by atoms with Gasteiger partial charge < -0.3 is 15.8 Å². The highest BCUT2D eigenvalue weighted by Crippen LogP contribution is 2.27. The number of rotatable bonds is 7. The van der Waals surface area contributed by atoms with E-state index in [0.29, 0.717) is 36.9 Å². The molecular weight excluding hydrogens is 335 g/mol. The van der Waals surface area contributed by atoms with E-state index in [4.69, 9.17) is 10.5 Å². The van der Waals surface area contributed by atoms with E-state index in [2.05, 4.69) is 20.4 Å². The third kappa shape index (κ3) is 3.97. The van der Waals surface area contributed by atoms with Gasteiger partial charge >= 0.3 is 0 Å². The summed E-state index contributed by atoms with van der Waals surface area (Å²) in [7, 11) is 0. The number of halogens is 1. The fraction of sp³-hybridized carbons (Fsp3) is 0.278. The van der Waals surface area contributed by atoms with Crippen molar-refractivity contribution >= 4 is 11.6 Å². The number of aromatic nitrogens is 4. The molecule has 2 heterocycles. The van der Waals surface area contributed by atoms with Gasteiger partial charge in [0, 0.05) is 24.5 Å². The number of aryl methyl sites for hydroxylation is 1. The summed E-state index contributed by atoms with van der Waals surface area (Å²) >= 11 is 0. The molecule has 3 rings (SSSR count). The minimum Gasteiger partial charge on any atom is -0.491 e. The Hall–Kier alpha value is -3.00. The van der Waals surface area contributed by atoms with E-state index >= 15 is 0 Å². The molecule has 0 saturated heterocycles. The summed E-state index contributed by atoms with van der Waals surface area (Å²) in [5, 5.41) is 7.30. The number of nitrogens with two attached hydrogens (primary N) is 1. The third-order valence-electron chi connectivity index (χ3n) is 3.72. The monoisotopic (exact) mass is 356 g/mol. The second-order valence-electron chi connectivity index (χ2n) is 5.71. The number of nitrogens with one attached hydrogen (secondary N) is 1. The molecule has 0 radical (unpaired) electrons. The molecule has 0 aliphatic heterocycles. The summed E-state index contributed by atoms with van der Waals surface area (Å²) in [5.41, 5.74) is 8.43. The van der Waals surface area contributed by atoms with Crippen LogP contribution >= 0.6 is 0 Å². The van der Waals surface area contributed by atoms with E-state index in [1.165, 1.54) is 6.07 Å². The molecule has 3 N–H and O–H groups in total. The zero-order chi connectivity index (χ0) is 18.5. The van der Waals surface area contributed by atoms with E-state index in [9.17, 15) is 4.39 Å². The summed E-state index contributed by atoms with van der Waals surface area (Å²) in [5.74, 6) is 0.223. The van der Waals surface area contributed by atoms with Crippen molar-refractivity contribution in [2.24, 2.45) is 5.73 Å². The van der Waals surface area contributed by atoms with Crippen molar-refractivity contribution in [3.63, 3.8) is 0 Å². The Morgan fingerprint density at radius 3 is 2.88 bits per heavy atom. The van der Waals surface area contributed by atoms with Gasteiger partial charge in [0.1, 0.15) is 0 Å². The first-order valence-electron chi connectivity index (χ1n) is 8.36. The smallest absolute Gasteiger partial charge is 0.227 e. The second kappa shape index (κ2) is 7.92. The summed E-state index contributed by atoms with van der Waals surface area (Å²) in [6.07, 6.45) is 5.20. The Kier molecular flexibility index (Phi) is 5.43. The van der Waals surface area contributed by atoms with E-state index in [1.54, 1.807) is 29.2 Å². The van der Waals surface area contributed by atoms with Crippen molar-refractivity contribution in [1.82, 2.24) is 19.7 Å². The molecule has 26 heavy (non-hydrogen) atoms. The first kappa shape index (κ1) is 17.8. The molecule has 2 aromatic heterocycles. The van der Waals surface area contributed by atoms with Gasteiger partial charge in [0.15, 0.2) is 11.6 Å². The molecule has 0 aliphatic carbocycles. The summed E-state index contributed by atoms with van der Waals surface area (Å²) in [6, 6.07) is 4.81. The van der Waals surface area contributed by atoms with Gasteiger partial charge in [-0.3, -0.25) is 4.68 Å². The van der Waals surface area contributed by atoms with E-state index in [-0.39, 0.29) is 5.75 Å². The zero-order valence-corrected chi connectivity index (χ0v) is 14.7. The molecular formula is C18H21FN6O. The first-order chi connectivity index (χ1) is 12.6. The lowest BCUT2D eigenvalue weighted by molar-refractivity contribution is 0.321. The first-order valence-corrected chi connectivity index (χ1v) is 8.36. The molecule has 0 unspecified atom stereocenters. The summed E-state index contributed by atoms with van der Waals surface area (Å²) < 4.78 is 21.2. The molecule has 8 heteroatoms. The lowest BCUT2D eigenvalue weighted by Crippen LogP contribution is -2.09. The Morgan fingerprint density at radius 2 is 2.15 bits per heavy atom. The fourth-order valence-corrected chi connectivity index (χ4v) is 2.53. The molecule has 7 nitrogen and oxygen atoms in total. The van der Waals surface area contributed by atoms with Crippen LogP contribution in [0.25, 0.3) is 11.3 Å². The average molecular weight is 356 g/mol. The second-order valence-corrected chi connectivity index (χ2v) is 5.71. The van der Waals surface area contributed by atoms with Crippen molar-refractivity contribution in [1.29, 1.82) is 0 Å². The van der Waals surface area contributed by atoms with E-state index in [0.717, 1.165) is 11.3 Å². The van der Waals surface area contributed by atoms with Crippen molar-refractivity contribution in [3.05, 3.63) is 48.2 Å². The summed E-state index contributed by atoms with van der Waals surface area (Å²) in [4.78, 5) is 8.80. The molecule has 136 valence electrons. The van der Waals surface area contributed by atoms with Gasteiger partial charge in [0.05, 0.1) is 30.7 Å². The van der Waals surface area contributed by atoms with Crippen LogP contribution < -0.4 is 15.8 Å². The predicted octanol–water partition coefficient (Wildman–Crippen LogP) is 2.89. The predicted molar refractivity (Wildman–Crippen MR) is 97.9 cm³/mol. The van der Waals surface area contributed by atoms with Crippen LogP contribution in [0.5, 0.6) is 5.75 Å². The average Bonchev–Trinajstić information content (AvgIpc) is 3.06. The molecule has 0 amide bonds. The van der Waals surface area contributed by atoms with Crippen molar-refractivity contribution < 1.29 is 9.13 Å². The normalized spacial score (nSPS) is 10.8. The van der Waals surface area contributed by atoms with Gasteiger partial charge in [-0.15, -0.1) is 0 Å². The standard InChI is InChI=1S/C18H21FN6O/c1-3-26-16-5-4-13(8-15(16)19)17-12(2)9-21-18(24-17)23-14-10-22-25(11-14)7-6-20/h4-5,8-11H,3,6-7,20H2,1-2H3,(H,21,23,24). The number of benzene rings is 1. The Bertz CT molecular complexity index is 895. The lowest BCUT2D eigenvalue weighted by atomic mass is 10.1. The highest BCUT2D eigenvalue weighted by Gasteiger charge is 2.11. The minimum absolute atomic E-state index is 0.230. The van der Waals surface area contributed by atoms with Gasteiger partial charge in [-0.2, -0.15) is 5.10 Å². The minimum atomic E-state index is -0.417. The summed E-state index contributed by atoms with van der Waals surface area (Å²) in [6.45, 7) is 5.25. The molecule has 0 fully saturated rings. The van der Waals surface area contributed by atoms with Crippen LogP contribution in [0.2, 0.25) is 0 Å². The maximum atomic E-state index is 14.2. The molecule has 0 bridgehead atoms. The number of ether oxygens (including phenoxy) is 1. The van der Waals surface area contributed by atoms with E-state index < -0.39 is 5.82 Å². The highest BCUT2D eigenvalue weighted by molar-refractivity contribution is 5.65. The van der Waals surface area contributed by atoms with Gasteiger partial charge in [0.2, 0.25) is 5.95 Å². The molecule has 1 aromatic carbocycles. The molecule has 0 atom stereocenters. The van der Waals surface area contributed by atoms with Crippen LogP contribution in [0.15, 0.2) is 36.8 Å². The van der Waals surface area contributed by atoms with Crippen LogP contribution in [0, 0.1) is 12.7 Å². The van der Waals surface area contributed by atoms with Crippen molar-refractivity contribution in [3.8, 4) is 17.0 Å². The van der Waals surface area contributed by atoms with Crippen LogP contribution in [-0.4, -0.2) is 32.9 Å². The Balaban J connectivity index is 1.86. The van der Waals surface area contributed by atoms with Crippen LogP contribution in [-0.2, 0) is 6.54 Å². The largest absolute Gasteiger partial charge is 0.491 e. The molecule has 3 aromatic rings. The number of hydrogen-bond acceptors (Lipinski definition) is 6. The Labute approximate surface area is 151 Å². The van der Waals surface area contributed by atoms with Crippen molar-refractivity contribution in [2.45, 2.75) is 20.4 Å². The Morgan fingerprint density at radius 1 is 1.31 bits per heavy atom. The SMILES string of the molecule is CCOc1ccc(-c2nc(Nc3cnn(CCN)c3)ncc2C)cc1F. The van der Waals surface area contributed by atoms with Gasteiger partial charge in [-0.05, 0) is 37.6 Å².